The van der Waals surface area contributed by atoms with Gasteiger partial charge >= 0.3 is 0 Å². The number of aromatic nitrogens is 2. The molecule has 19 heavy (non-hydrogen) atoms. The Morgan fingerprint density at radius 1 is 1.21 bits per heavy atom. The minimum atomic E-state index is 0.382. The Kier molecular flexibility index (Phi) is 4.70. The van der Waals surface area contributed by atoms with Crippen LogP contribution in [0.1, 0.15) is 18.1 Å². The first-order valence-electron chi connectivity index (χ1n) is 6.03. The van der Waals surface area contributed by atoms with Gasteiger partial charge in [0.2, 0.25) is 5.95 Å². The normalized spacial score (nSPS) is 10.3. The van der Waals surface area contributed by atoms with Crippen molar-refractivity contribution >= 4 is 27.7 Å². The lowest BCUT2D eigenvalue weighted by molar-refractivity contribution is 1.05. The van der Waals surface area contributed by atoms with Gasteiger partial charge in [0.1, 0.15) is 5.82 Å². The van der Waals surface area contributed by atoms with Gasteiger partial charge in [0.15, 0.2) is 0 Å². The van der Waals surface area contributed by atoms with Crippen molar-refractivity contribution in [1.82, 2.24) is 9.97 Å². The fraction of sp³-hybridized carbons (Fsp3) is 0.231. The summed E-state index contributed by atoms with van der Waals surface area (Å²) in [5.41, 5.74) is 4.96. The van der Waals surface area contributed by atoms with E-state index in [2.05, 4.69) is 67.8 Å². The molecule has 0 unspecified atom stereocenters. The van der Waals surface area contributed by atoms with E-state index in [0.717, 1.165) is 10.9 Å². The van der Waals surface area contributed by atoms with E-state index in [0.29, 0.717) is 18.3 Å². The number of hydrazine groups is 1. The molecule has 2 aromatic rings. The van der Waals surface area contributed by atoms with E-state index in [1.165, 1.54) is 11.1 Å². The maximum absolute atomic E-state index is 5.29. The lowest BCUT2D eigenvalue weighted by Crippen LogP contribution is -2.12. The number of nitrogen functional groups attached to an aromatic ring is 1. The maximum Gasteiger partial charge on any atom is 0.239 e. The number of nitrogens with zero attached hydrogens (tertiary/aromatic N) is 2. The molecule has 0 fully saturated rings. The Bertz CT molecular complexity index is 541. The SMILES string of the molecule is CCc1ccc(CNc2nc(NN)ncc2Br)cc1. The molecule has 1 aromatic carbocycles. The average Bonchev–Trinajstić information content (AvgIpc) is 2.47. The molecule has 6 heteroatoms. The number of hydrogen-bond acceptors (Lipinski definition) is 5. The Morgan fingerprint density at radius 3 is 2.53 bits per heavy atom. The third-order valence-corrected chi connectivity index (χ3v) is 3.34. The fourth-order valence-corrected chi connectivity index (χ4v) is 1.97. The molecule has 0 bridgehead atoms. The standard InChI is InChI=1S/C13H16BrN5/c1-2-9-3-5-10(6-4-9)7-16-12-11(14)8-17-13(18-12)19-15/h3-6,8H,2,7,15H2,1H3,(H2,16,17,18,19). The summed E-state index contributed by atoms with van der Waals surface area (Å²) in [4.78, 5) is 8.24. The smallest absolute Gasteiger partial charge is 0.239 e. The number of benzene rings is 1. The van der Waals surface area contributed by atoms with Gasteiger partial charge in [0.25, 0.3) is 0 Å². The molecule has 0 radical (unpaired) electrons. The van der Waals surface area contributed by atoms with Gasteiger partial charge in [-0.3, -0.25) is 5.43 Å². The fourth-order valence-electron chi connectivity index (χ4n) is 1.64. The van der Waals surface area contributed by atoms with Crippen molar-refractivity contribution in [3.8, 4) is 0 Å². The summed E-state index contributed by atoms with van der Waals surface area (Å²) < 4.78 is 0.802. The Hall–Kier alpha value is -1.66. The molecule has 0 saturated carbocycles. The highest BCUT2D eigenvalue weighted by Crippen LogP contribution is 2.20. The van der Waals surface area contributed by atoms with Crippen molar-refractivity contribution in [1.29, 1.82) is 0 Å². The van der Waals surface area contributed by atoms with E-state index < -0.39 is 0 Å². The number of anilines is 2. The first-order valence-corrected chi connectivity index (χ1v) is 6.83. The predicted octanol–water partition coefficient (Wildman–Crippen LogP) is 2.70. The number of rotatable bonds is 5. The maximum atomic E-state index is 5.29. The summed E-state index contributed by atoms with van der Waals surface area (Å²) in [6.07, 6.45) is 2.71. The zero-order valence-electron chi connectivity index (χ0n) is 10.7. The van der Waals surface area contributed by atoms with Gasteiger partial charge in [0.05, 0.1) is 4.47 Å². The largest absolute Gasteiger partial charge is 0.365 e. The van der Waals surface area contributed by atoms with Crippen LogP contribution in [0.25, 0.3) is 0 Å². The van der Waals surface area contributed by atoms with Crippen molar-refractivity contribution in [3.63, 3.8) is 0 Å². The minimum Gasteiger partial charge on any atom is -0.365 e. The number of hydrogen-bond donors (Lipinski definition) is 3. The number of nitrogens with one attached hydrogen (secondary N) is 2. The molecule has 4 N–H and O–H groups in total. The van der Waals surface area contributed by atoms with Crippen LogP contribution in [0.5, 0.6) is 0 Å². The molecule has 1 aromatic heterocycles. The lowest BCUT2D eigenvalue weighted by Gasteiger charge is -2.09. The molecule has 0 aliphatic heterocycles. The molecule has 0 amide bonds. The highest BCUT2D eigenvalue weighted by molar-refractivity contribution is 9.10. The van der Waals surface area contributed by atoms with E-state index in [1.807, 2.05) is 0 Å². The Balaban J connectivity index is 2.05. The van der Waals surface area contributed by atoms with Gasteiger partial charge in [-0.25, -0.2) is 10.8 Å². The zero-order valence-corrected chi connectivity index (χ0v) is 12.2. The average molecular weight is 322 g/mol. The van der Waals surface area contributed by atoms with E-state index in [1.54, 1.807) is 6.20 Å². The Morgan fingerprint density at radius 2 is 1.89 bits per heavy atom. The van der Waals surface area contributed by atoms with E-state index in [-0.39, 0.29) is 0 Å². The topological polar surface area (TPSA) is 75.9 Å². The number of nitrogens with two attached hydrogens (primary N) is 1. The van der Waals surface area contributed by atoms with Crippen LogP contribution in [0.4, 0.5) is 11.8 Å². The minimum absolute atomic E-state index is 0.382. The summed E-state index contributed by atoms with van der Waals surface area (Å²) in [5, 5.41) is 3.25. The third kappa shape index (κ3) is 3.65. The summed E-state index contributed by atoms with van der Waals surface area (Å²) in [6, 6.07) is 8.50. The van der Waals surface area contributed by atoms with Crippen molar-refractivity contribution in [3.05, 3.63) is 46.1 Å². The first-order chi connectivity index (χ1) is 9.22. The van der Waals surface area contributed by atoms with Gasteiger partial charge in [-0.15, -0.1) is 0 Å². The van der Waals surface area contributed by atoms with Gasteiger partial charge in [-0.05, 0) is 33.5 Å². The van der Waals surface area contributed by atoms with Crippen molar-refractivity contribution in [2.75, 3.05) is 10.7 Å². The van der Waals surface area contributed by atoms with Gasteiger partial charge < -0.3 is 5.32 Å². The molecule has 0 atom stereocenters. The molecule has 0 spiro atoms. The van der Waals surface area contributed by atoms with Crippen molar-refractivity contribution < 1.29 is 0 Å². The molecule has 100 valence electrons. The lowest BCUT2D eigenvalue weighted by atomic mass is 10.1. The van der Waals surface area contributed by atoms with Crippen LogP contribution >= 0.6 is 15.9 Å². The zero-order chi connectivity index (χ0) is 13.7. The van der Waals surface area contributed by atoms with Gasteiger partial charge in [-0.1, -0.05) is 31.2 Å². The highest BCUT2D eigenvalue weighted by atomic mass is 79.9. The van der Waals surface area contributed by atoms with E-state index in [4.69, 9.17) is 5.84 Å². The van der Waals surface area contributed by atoms with E-state index >= 15 is 0 Å². The van der Waals surface area contributed by atoms with Crippen LogP contribution in [0, 0.1) is 0 Å². The molecule has 0 aliphatic carbocycles. The Labute approximate surface area is 120 Å². The highest BCUT2D eigenvalue weighted by Gasteiger charge is 2.04. The van der Waals surface area contributed by atoms with Crippen molar-refractivity contribution in [2.24, 2.45) is 5.84 Å². The van der Waals surface area contributed by atoms with Gasteiger partial charge in [0, 0.05) is 12.7 Å². The second-order valence-corrected chi connectivity index (χ2v) is 4.91. The summed E-state index contributed by atoms with van der Waals surface area (Å²) in [5.74, 6) is 6.38. The molecule has 2 rings (SSSR count). The van der Waals surface area contributed by atoms with Crippen LogP contribution < -0.4 is 16.6 Å². The second kappa shape index (κ2) is 6.49. The molecule has 5 nitrogen and oxygen atoms in total. The van der Waals surface area contributed by atoms with Crippen LogP contribution in [0.15, 0.2) is 34.9 Å². The number of halogens is 1. The summed E-state index contributed by atoms with van der Waals surface area (Å²) >= 11 is 3.40. The van der Waals surface area contributed by atoms with Crippen molar-refractivity contribution in [2.45, 2.75) is 19.9 Å². The molecule has 0 saturated heterocycles. The second-order valence-electron chi connectivity index (χ2n) is 4.06. The van der Waals surface area contributed by atoms with Crippen LogP contribution in [-0.2, 0) is 13.0 Å². The van der Waals surface area contributed by atoms with Gasteiger partial charge in [-0.2, -0.15) is 4.98 Å². The quantitative estimate of drug-likeness (QED) is 0.583. The van der Waals surface area contributed by atoms with E-state index in [9.17, 15) is 0 Å². The predicted molar refractivity (Wildman–Crippen MR) is 80.7 cm³/mol. The van der Waals surface area contributed by atoms with Crippen LogP contribution in [-0.4, -0.2) is 9.97 Å². The molecular weight excluding hydrogens is 306 g/mol. The summed E-state index contributed by atoms with van der Waals surface area (Å²) in [6.45, 7) is 2.84. The first kappa shape index (κ1) is 13.8. The number of aryl methyl sites for hydroxylation is 1. The molecular formula is C13H16BrN5. The third-order valence-electron chi connectivity index (χ3n) is 2.76. The monoisotopic (exact) mass is 321 g/mol. The van der Waals surface area contributed by atoms with Crippen LogP contribution in [0.2, 0.25) is 0 Å². The molecule has 1 heterocycles. The van der Waals surface area contributed by atoms with Crippen LogP contribution in [0.3, 0.4) is 0 Å². The summed E-state index contributed by atoms with van der Waals surface area (Å²) in [7, 11) is 0. The molecule has 0 aliphatic rings.